The van der Waals surface area contributed by atoms with Crippen LogP contribution in [0, 0.1) is 0 Å². The predicted molar refractivity (Wildman–Crippen MR) is 76.2 cm³/mol. The summed E-state index contributed by atoms with van der Waals surface area (Å²) in [6.07, 6.45) is 6.36. The summed E-state index contributed by atoms with van der Waals surface area (Å²) in [6, 6.07) is -0.350. The number of amides is 2. The summed E-state index contributed by atoms with van der Waals surface area (Å²) in [4.78, 5) is 27.1. The average molecular weight is 282 g/mol. The van der Waals surface area contributed by atoms with E-state index in [0.29, 0.717) is 19.6 Å². The largest absolute Gasteiger partial charge is 0.383 e. The Hall–Kier alpha value is -1.10. The Labute approximate surface area is 121 Å². The molecule has 5 nitrogen and oxygen atoms in total. The number of methoxy groups -OCH3 is 1. The molecule has 2 amide bonds. The smallest absolute Gasteiger partial charge is 0.246 e. The molecule has 1 saturated carbocycles. The van der Waals surface area contributed by atoms with Crippen molar-refractivity contribution in [2.24, 2.45) is 0 Å². The molecule has 5 heteroatoms. The summed E-state index contributed by atoms with van der Waals surface area (Å²) in [5, 5.41) is 2.96. The maximum Gasteiger partial charge on any atom is 0.246 e. The van der Waals surface area contributed by atoms with Crippen LogP contribution in [0.15, 0.2) is 0 Å². The van der Waals surface area contributed by atoms with Crippen molar-refractivity contribution in [3.63, 3.8) is 0 Å². The van der Waals surface area contributed by atoms with Gasteiger partial charge in [0.2, 0.25) is 11.8 Å². The summed E-state index contributed by atoms with van der Waals surface area (Å²) in [5.41, 5.74) is -0.613. The first-order valence-corrected chi connectivity index (χ1v) is 7.77. The second kappa shape index (κ2) is 6.57. The molecular weight excluding hydrogens is 256 g/mol. The quantitative estimate of drug-likeness (QED) is 0.830. The van der Waals surface area contributed by atoms with Crippen molar-refractivity contribution in [2.45, 2.75) is 63.5 Å². The van der Waals surface area contributed by atoms with Gasteiger partial charge in [-0.1, -0.05) is 32.6 Å². The first-order valence-electron chi connectivity index (χ1n) is 7.77. The van der Waals surface area contributed by atoms with Crippen LogP contribution >= 0.6 is 0 Å². The van der Waals surface area contributed by atoms with Gasteiger partial charge in [-0.15, -0.1) is 0 Å². The Morgan fingerprint density at radius 2 is 2.00 bits per heavy atom. The molecule has 0 radical (unpaired) electrons. The minimum Gasteiger partial charge on any atom is -0.383 e. The third-order valence-electron chi connectivity index (χ3n) is 4.59. The fraction of sp³-hybridized carbons (Fsp3) is 0.867. The number of ether oxygens (including phenoxy) is 1. The van der Waals surface area contributed by atoms with E-state index in [4.69, 9.17) is 4.74 Å². The molecule has 1 saturated heterocycles. The second-order valence-corrected chi connectivity index (χ2v) is 5.89. The number of carbonyl (C=O) groups excluding carboxylic acids is 2. The van der Waals surface area contributed by atoms with Crippen LogP contribution in [0.5, 0.6) is 0 Å². The van der Waals surface area contributed by atoms with Crippen LogP contribution in [-0.4, -0.2) is 48.6 Å². The summed E-state index contributed by atoms with van der Waals surface area (Å²) in [6.45, 7) is 3.03. The zero-order chi connectivity index (χ0) is 14.6. The van der Waals surface area contributed by atoms with Crippen molar-refractivity contribution in [3.8, 4) is 0 Å². The highest BCUT2D eigenvalue weighted by molar-refractivity contribution is 5.99. The molecule has 1 unspecified atom stereocenters. The van der Waals surface area contributed by atoms with E-state index in [9.17, 15) is 9.59 Å². The van der Waals surface area contributed by atoms with E-state index in [1.54, 1.807) is 7.11 Å². The summed E-state index contributed by atoms with van der Waals surface area (Å²) in [7, 11) is 1.63. The zero-order valence-corrected chi connectivity index (χ0v) is 12.6. The zero-order valence-electron chi connectivity index (χ0n) is 12.6. The third-order valence-corrected chi connectivity index (χ3v) is 4.59. The normalized spacial score (nSPS) is 25.9. The molecular formula is C15H26N2O3. The van der Waals surface area contributed by atoms with Crippen LogP contribution in [-0.2, 0) is 14.3 Å². The number of hydrogen-bond donors (Lipinski definition) is 1. The molecule has 2 aliphatic rings. The van der Waals surface area contributed by atoms with Crippen LogP contribution < -0.4 is 5.32 Å². The number of carbonyl (C=O) groups is 2. The number of hydrogen-bond acceptors (Lipinski definition) is 3. The minimum absolute atomic E-state index is 0.0475. The molecule has 1 aliphatic carbocycles. The molecule has 1 aliphatic heterocycles. The van der Waals surface area contributed by atoms with Crippen molar-refractivity contribution < 1.29 is 14.3 Å². The Morgan fingerprint density at radius 3 is 2.60 bits per heavy atom. The lowest BCUT2D eigenvalue weighted by Crippen LogP contribution is -2.71. The molecule has 1 atom stereocenters. The molecule has 20 heavy (non-hydrogen) atoms. The van der Waals surface area contributed by atoms with E-state index in [2.05, 4.69) is 5.32 Å². The lowest BCUT2D eigenvalue weighted by Gasteiger charge is -2.50. The van der Waals surface area contributed by atoms with Gasteiger partial charge in [0.15, 0.2) is 0 Å². The van der Waals surface area contributed by atoms with Gasteiger partial charge < -0.3 is 15.0 Å². The highest BCUT2D eigenvalue weighted by Gasteiger charge is 2.52. The maximum absolute atomic E-state index is 12.7. The summed E-state index contributed by atoms with van der Waals surface area (Å²) >= 11 is 0. The van der Waals surface area contributed by atoms with E-state index in [0.717, 1.165) is 38.5 Å². The Morgan fingerprint density at radius 1 is 1.30 bits per heavy atom. The van der Waals surface area contributed by atoms with Gasteiger partial charge in [-0.05, 0) is 19.3 Å². The summed E-state index contributed by atoms with van der Waals surface area (Å²) in [5.74, 6) is 0.122. The van der Waals surface area contributed by atoms with Crippen LogP contribution in [0.3, 0.4) is 0 Å². The van der Waals surface area contributed by atoms with Crippen LogP contribution in [0.4, 0.5) is 0 Å². The maximum atomic E-state index is 12.7. The van der Waals surface area contributed by atoms with E-state index in [1.807, 2.05) is 11.8 Å². The van der Waals surface area contributed by atoms with Crippen LogP contribution in [0.1, 0.15) is 51.9 Å². The Bertz CT molecular complexity index is 364. The van der Waals surface area contributed by atoms with Crippen molar-refractivity contribution >= 4 is 11.8 Å². The van der Waals surface area contributed by atoms with Gasteiger partial charge in [0.05, 0.1) is 6.61 Å². The molecule has 0 aromatic rings. The molecule has 2 fully saturated rings. The molecule has 1 spiro atoms. The molecule has 1 N–H and O–H groups in total. The second-order valence-electron chi connectivity index (χ2n) is 5.89. The van der Waals surface area contributed by atoms with Gasteiger partial charge in [-0.2, -0.15) is 0 Å². The molecule has 0 aromatic carbocycles. The highest BCUT2D eigenvalue weighted by atomic mass is 16.5. The molecule has 0 aromatic heterocycles. The van der Waals surface area contributed by atoms with Crippen LogP contribution in [0.25, 0.3) is 0 Å². The van der Waals surface area contributed by atoms with Crippen molar-refractivity contribution in [2.75, 3.05) is 20.3 Å². The molecule has 0 bridgehead atoms. The van der Waals surface area contributed by atoms with Gasteiger partial charge in [-0.3, -0.25) is 9.59 Å². The van der Waals surface area contributed by atoms with Gasteiger partial charge in [0, 0.05) is 13.7 Å². The van der Waals surface area contributed by atoms with E-state index < -0.39 is 5.54 Å². The summed E-state index contributed by atoms with van der Waals surface area (Å²) < 4.78 is 5.13. The van der Waals surface area contributed by atoms with E-state index in [1.165, 1.54) is 0 Å². The minimum atomic E-state index is -0.613. The molecule has 1 heterocycles. The van der Waals surface area contributed by atoms with Crippen molar-refractivity contribution in [3.05, 3.63) is 0 Å². The Balaban J connectivity index is 2.23. The van der Waals surface area contributed by atoms with E-state index >= 15 is 0 Å². The molecule has 114 valence electrons. The van der Waals surface area contributed by atoms with Crippen molar-refractivity contribution in [1.82, 2.24) is 10.2 Å². The van der Waals surface area contributed by atoms with Gasteiger partial charge >= 0.3 is 0 Å². The van der Waals surface area contributed by atoms with Gasteiger partial charge in [0.25, 0.3) is 0 Å². The lowest BCUT2D eigenvalue weighted by molar-refractivity contribution is -0.161. The fourth-order valence-corrected chi connectivity index (χ4v) is 3.50. The first-order chi connectivity index (χ1) is 9.65. The number of piperazine rings is 1. The number of nitrogens with zero attached hydrogens (tertiary/aromatic N) is 1. The monoisotopic (exact) mass is 282 g/mol. The Kier molecular flexibility index (Phi) is 5.02. The fourth-order valence-electron chi connectivity index (χ4n) is 3.50. The average Bonchev–Trinajstić information content (AvgIpc) is 2.46. The van der Waals surface area contributed by atoms with E-state index in [-0.39, 0.29) is 17.9 Å². The van der Waals surface area contributed by atoms with Crippen LogP contribution in [0.2, 0.25) is 0 Å². The SMILES string of the molecule is CCCC1NC(=O)C2(CCCCC2)N(CCOC)C1=O. The standard InChI is InChI=1S/C15H26N2O3/c1-3-7-12-13(18)17(10-11-20-2)15(14(19)16-12)8-5-4-6-9-15/h12H,3-11H2,1-2H3,(H,16,19). The van der Waals surface area contributed by atoms with Gasteiger partial charge in [0.1, 0.15) is 11.6 Å². The third kappa shape index (κ3) is 2.68. The first kappa shape index (κ1) is 15.3. The topological polar surface area (TPSA) is 58.6 Å². The lowest BCUT2D eigenvalue weighted by atomic mass is 9.77. The highest BCUT2D eigenvalue weighted by Crippen LogP contribution is 2.36. The molecule has 2 rings (SSSR count). The van der Waals surface area contributed by atoms with Crippen molar-refractivity contribution in [1.29, 1.82) is 0 Å². The van der Waals surface area contributed by atoms with Gasteiger partial charge in [-0.25, -0.2) is 0 Å². The predicted octanol–water partition coefficient (Wildman–Crippen LogP) is 1.46. The number of nitrogens with one attached hydrogen (secondary N) is 1. The number of rotatable bonds is 5.